The Bertz CT molecular complexity index is 696. The highest BCUT2D eigenvalue weighted by atomic mass is 32.2. The van der Waals surface area contributed by atoms with Crippen LogP contribution < -0.4 is 5.32 Å². The highest BCUT2D eigenvalue weighted by Crippen LogP contribution is 2.19. The summed E-state index contributed by atoms with van der Waals surface area (Å²) in [5, 5.41) is 10.2. The Labute approximate surface area is 120 Å². The van der Waals surface area contributed by atoms with Gasteiger partial charge in [0.25, 0.3) is 5.91 Å². The number of sulfone groups is 1. The number of aromatic nitrogens is 2. The van der Waals surface area contributed by atoms with Gasteiger partial charge >= 0.3 is 0 Å². The predicted octanol–water partition coefficient (Wildman–Crippen LogP) is 1.97. The molecule has 0 aliphatic rings. The number of amides is 1. The van der Waals surface area contributed by atoms with Crippen LogP contribution in [0.4, 0.5) is 5.13 Å². The highest BCUT2D eigenvalue weighted by Gasteiger charge is 2.21. The van der Waals surface area contributed by atoms with Crippen molar-refractivity contribution in [3.63, 3.8) is 0 Å². The Hall–Kier alpha value is -1.80. The maximum atomic E-state index is 12.2. The molecule has 1 N–H and O–H groups in total. The lowest BCUT2D eigenvalue weighted by molar-refractivity contribution is 0.102. The largest absolute Gasteiger partial charge is 0.296 e. The third kappa shape index (κ3) is 3.20. The predicted molar refractivity (Wildman–Crippen MR) is 76.6 cm³/mol. The number of hydrogen-bond donors (Lipinski definition) is 1. The van der Waals surface area contributed by atoms with Gasteiger partial charge in [-0.1, -0.05) is 30.4 Å². The molecule has 0 atom stereocenters. The molecule has 0 spiro atoms. The molecule has 20 heavy (non-hydrogen) atoms. The molecular formula is C12H13N3O3S2. The van der Waals surface area contributed by atoms with E-state index in [0.29, 0.717) is 11.6 Å². The molecule has 0 fully saturated rings. The van der Waals surface area contributed by atoms with Crippen molar-refractivity contribution in [2.75, 3.05) is 11.1 Å². The van der Waals surface area contributed by atoms with Gasteiger partial charge in [-0.25, -0.2) is 8.42 Å². The van der Waals surface area contributed by atoms with Gasteiger partial charge in [0.15, 0.2) is 9.84 Å². The minimum absolute atomic E-state index is 0.0100. The second-order valence-corrected chi connectivity index (χ2v) is 6.92. The van der Waals surface area contributed by atoms with Crippen LogP contribution in [0.3, 0.4) is 0 Å². The molecule has 0 aliphatic heterocycles. The zero-order chi connectivity index (χ0) is 14.6. The maximum Gasteiger partial charge on any atom is 0.258 e. The molecule has 0 saturated carbocycles. The summed E-state index contributed by atoms with van der Waals surface area (Å²) in [7, 11) is -3.46. The fourth-order valence-corrected chi connectivity index (χ4v) is 3.68. The molecule has 2 aromatic rings. The number of anilines is 1. The zero-order valence-electron chi connectivity index (χ0n) is 10.7. The molecule has 8 heteroatoms. The van der Waals surface area contributed by atoms with E-state index >= 15 is 0 Å². The van der Waals surface area contributed by atoms with Gasteiger partial charge in [-0.3, -0.25) is 10.1 Å². The van der Waals surface area contributed by atoms with Gasteiger partial charge in [0, 0.05) is 0 Å². The lowest BCUT2D eigenvalue weighted by Gasteiger charge is -2.09. The van der Waals surface area contributed by atoms with Crippen molar-refractivity contribution in [1.82, 2.24) is 10.2 Å². The van der Waals surface area contributed by atoms with E-state index in [1.165, 1.54) is 29.0 Å². The zero-order valence-corrected chi connectivity index (χ0v) is 12.4. The van der Waals surface area contributed by atoms with Crippen LogP contribution in [0.15, 0.2) is 34.7 Å². The van der Waals surface area contributed by atoms with Crippen LogP contribution in [-0.4, -0.2) is 30.3 Å². The normalized spacial score (nSPS) is 11.2. The number of carbonyl (C=O) groups is 1. The van der Waals surface area contributed by atoms with Gasteiger partial charge in [0.1, 0.15) is 5.51 Å². The minimum Gasteiger partial charge on any atom is -0.296 e. The van der Waals surface area contributed by atoms with E-state index in [1.807, 2.05) is 0 Å². The smallest absolute Gasteiger partial charge is 0.258 e. The first-order chi connectivity index (χ1) is 9.54. The summed E-state index contributed by atoms with van der Waals surface area (Å²) in [4.78, 5) is 12.2. The molecule has 106 valence electrons. The fraction of sp³-hybridized carbons (Fsp3) is 0.250. The first-order valence-corrected chi connectivity index (χ1v) is 8.47. The molecule has 0 bridgehead atoms. The van der Waals surface area contributed by atoms with Crippen LogP contribution in [0, 0.1) is 0 Å². The van der Waals surface area contributed by atoms with Crippen LogP contribution in [0.25, 0.3) is 0 Å². The Balaban J connectivity index is 2.35. The summed E-state index contributed by atoms with van der Waals surface area (Å²) in [6, 6.07) is 6.16. The van der Waals surface area contributed by atoms with Gasteiger partial charge in [0.05, 0.1) is 16.2 Å². The third-order valence-electron chi connectivity index (χ3n) is 2.52. The minimum atomic E-state index is -3.46. The van der Waals surface area contributed by atoms with Crippen molar-refractivity contribution in [2.45, 2.75) is 18.2 Å². The summed E-state index contributed by atoms with van der Waals surface area (Å²) in [6.07, 6.45) is 0.495. The van der Waals surface area contributed by atoms with Crippen molar-refractivity contribution in [1.29, 1.82) is 0 Å². The lowest BCUT2D eigenvalue weighted by atomic mass is 10.2. The highest BCUT2D eigenvalue weighted by molar-refractivity contribution is 7.91. The number of hydrogen-bond acceptors (Lipinski definition) is 6. The Morgan fingerprint density at radius 1 is 1.35 bits per heavy atom. The number of rotatable bonds is 5. The lowest BCUT2D eigenvalue weighted by Crippen LogP contribution is -2.17. The number of carbonyl (C=O) groups excluding carboxylic acids is 1. The standard InChI is InChI=1S/C12H13N3O3S2/c1-2-7-20(17,18)10-6-4-3-5-9(10)11(16)14-12-15-13-8-19-12/h3-6,8H,2,7H2,1H3,(H,14,15,16). The van der Waals surface area contributed by atoms with Gasteiger partial charge in [0.2, 0.25) is 5.13 Å². The maximum absolute atomic E-state index is 12.2. The molecular weight excluding hydrogens is 298 g/mol. The summed E-state index contributed by atoms with van der Waals surface area (Å²) in [5.74, 6) is -0.493. The van der Waals surface area contributed by atoms with E-state index in [0.717, 1.165) is 0 Å². The van der Waals surface area contributed by atoms with Crippen molar-refractivity contribution in [2.24, 2.45) is 0 Å². The molecule has 1 aromatic heterocycles. The van der Waals surface area contributed by atoms with Gasteiger partial charge < -0.3 is 0 Å². The third-order valence-corrected chi connectivity index (χ3v) is 5.10. The molecule has 2 rings (SSSR count). The number of nitrogens with zero attached hydrogens (tertiary/aromatic N) is 2. The van der Waals surface area contributed by atoms with E-state index < -0.39 is 15.7 Å². The Morgan fingerprint density at radius 2 is 2.10 bits per heavy atom. The second kappa shape index (κ2) is 6.10. The monoisotopic (exact) mass is 311 g/mol. The molecule has 1 amide bonds. The van der Waals surface area contributed by atoms with Gasteiger partial charge in [-0.2, -0.15) is 0 Å². The van der Waals surface area contributed by atoms with Crippen LogP contribution in [0.2, 0.25) is 0 Å². The number of benzene rings is 1. The topological polar surface area (TPSA) is 89.0 Å². The van der Waals surface area contributed by atoms with Crippen LogP contribution in [-0.2, 0) is 9.84 Å². The fourth-order valence-electron chi connectivity index (χ4n) is 1.70. The molecule has 0 radical (unpaired) electrons. The molecule has 1 heterocycles. The summed E-state index contributed by atoms with van der Waals surface area (Å²) in [5.41, 5.74) is 1.60. The quantitative estimate of drug-likeness (QED) is 0.912. The molecule has 0 unspecified atom stereocenters. The SMILES string of the molecule is CCCS(=O)(=O)c1ccccc1C(=O)Nc1nncs1. The Morgan fingerprint density at radius 3 is 2.75 bits per heavy atom. The number of nitrogens with one attached hydrogen (secondary N) is 1. The van der Waals surface area contributed by atoms with E-state index in [1.54, 1.807) is 19.1 Å². The van der Waals surface area contributed by atoms with E-state index in [2.05, 4.69) is 15.5 Å². The van der Waals surface area contributed by atoms with Gasteiger partial charge in [-0.15, -0.1) is 10.2 Å². The summed E-state index contributed by atoms with van der Waals surface area (Å²) in [6.45, 7) is 1.78. The average Bonchev–Trinajstić information content (AvgIpc) is 2.91. The van der Waals surface area contributed by atoms with Crippen molar-refractivity contribution >= 4 is 32.2 Å². The van der Waals surface area contributed by atoms with E-state index in [9.17, 15) is 13.2 Å². The van der Waals surface area contributed by atoms with Crippen LogP contribution in [0.1, 0.15) is 23.7 Å². The van der Waals surface area contributed by atoms with E-state index in [-0.39, 0.29) is 16.2 Å². The van der Waals surface area contributed by atoms with Gasteiger partial charge in [-0.05, 0) is 18.6 Å². The van der Waals surface area contributed by atoms with Crippen molar-refractivity contribution in [3.8, 4) is 0 Å². The molecule has 0 saturated heterocycles. The first-order valence-electron chi connectivity index (χ1n) is 5.94. The Kier molecular flexibility index (Phi) is 4.46. The first kappa shape index (κ1) is 14.6. The summed E-state index contributed by atoms with van der Waals surface area (Å²) >= 11 is 1.17. The molecule has 1 aromatic carbocycles. The van der Waals surface area contributed by atoms with Crippen molar-refractivity contribution in [3.05, 3.63) is 35.3 Å². The molecule has 0 aliphatic carbocycles. The van der Waals surface area contributed by atoms with Crippen LogP contribution >= 0.6 is 11.3 Å². The molecule has 6 nitrogen and oxygen atoms in total. The van der Waals surface area contributed by atoms with Crippen LogP contribution in [0.5, 0.6) is 0 Å². The van der Waals surface area contributed by atoms with Crippen molar-refractivity contribution < 1.29 is 13.2 Å². The second-order valence-electron chi connectivity index (χ2n) is 4.01. The average molecular weight is 311 g/mol. The van der Waals surface area contributed by atoms with E-state index in [4.69, 9.17) is 0 Å². The summed E-state index contributed by atoms with van der Waals surface area (Å²) < 4.78 is 24.3.